The topological polar surface area (TPSA) is 50.7 Å². The minimum Gasteiger partial charge on any atom is -0.443 e. The summed E-state index contributed by atoms with van der Waals surface area (Å²) in [5.41, 5.74) is 3.02. The third-order valence-corrected chi connectivity index (χ3v) is 1.98. The van der Waals surface area contributed by atoms with E-state index in [4.69, 9.17) is 4.74 Å². The monoisotopic (exact) mass is 252 g/mol. The van der Waals surface area contributed by atoms with Gasteiger partial charge in [0, 0.05) is 0 Å². The maximum absolute atomic E-state index is 12.7. The van der Waals surface area contributed by atoms with Crippen LogP contribution in [0.15, 0.2) is 29.4 Å². The van der Waals surface area contributed by atoms with E-state index in [1.165, 1.54) is 12.1 Å². The summed E-state index contributed by atoms with van der Waals surface area (Å²) in [6.07, 6.45) is -0.621. The maximum atomic E-state index is 12.7. The van der Waals surface area contributed by atoms with Crippen LogP contribution in [0.25, 0.3) is 0 Å². The summed E-state index contributed by atoms with van der Waals surface area (Å²) < 4.78 is 17.7. The van der Waals surface area contributed by atoms with Crippen molar-refractivity contribution in [2.24, 2.45) is 5.10 Å². The molecule has 0 saturated heterocycles. The number of nitrogens with one attached hydrogen (secondary N) is 1. The molecule has 0 radical (unpaired) electrons. The second-order valence-electron chi connectivity index (χ2n) is 4.82. The minimum absolute atomic E-state index is 0.313. The molecule has 0 aliphatic carbocycles. The summed E-state index contributed by atoms with van der Waals surface area (Å²) in [5, 5.41) is 3.88. The summed E-state index contributed by atoms with van der Waals surface area (Å²) in [5.74, 6) is -0.313. The van der Waals surface area contributed by atoms with Crippen LogP contribution in [0.2, 0.25) is 0 Å². The molecule has 0 aliphatic heterocycles. The molecule has 0 aliphatic rings. The summed E-state index contributed by atoms with van der Waals surface area (Å²) in [4.78, 5) is 11.3. The van der Waals surface area contributed by atoms with Gasteiger partial charge in [-0.25, -0.2) is 14.6 Å². The fourth-order valence-electron chi connectivity index (χ4n) is 1.19. The van der Waals surface area contributed by atoms with Crippen LogP contribution < -0.4 is 5.43 Å². The van der Waals surface area contributed by atoms with Gasteiger partial charge in [-0.3, -0.25) is 0 Å². The number of carbonyl (C=O) groups excluding carboxylic acids is 1. The van der Waals surface area contributed by atoms with E-state index in [9.17, 15) is 9.18 Å². The van der Waals surface area contributed by atoms with E-state index in [2.05, 4.69) is 10.5 Å². The molecular formula is C13H17FN2O2. The highest BCUT2D eigenvalue weighted by atomic mass is 19.1. The molecule has 0 aromatic heterocycles. The Kier molecular flexibility index (Phi) is 4.42. The van der Waals surface area contributed by atoms with Gasteiger partial charge in [0.05, 0.1) is 5.71 Å². The van der Waals surface area contributed by atoms with Gasteiger partial charge in [-0.2, -0.15) is 5.10 Å². The lowest BCUT2D eigenvalue weighted by atomic mass is 10.1. The SMILES string of the molecule is C/C(=N/NC(=O)OC(C)(C)C)c1ccc(F)cc1. The molecule has 0 saturated carbocycles. The van der Waals surface area contributed by atoms with Gasteiger partial charge in [0.15, 0.2) is 0 Å². The van der Waals surface area contributed by atoms with Crippen molar-refractivity contribution in [1.29, 1.82) is 0 Å². The number of nitrogens with zero attached hydrogens (tertiary/aromatic N) is 1. The maximum Gasteiger partial charge on any atom is 0.428 e. The molecule has 0 spiro atoms. The molecule has 0 bridgehead atoms. The van der Waals surface area contributed by atoms with E-state index in [0.717, 1.165) is 5.56 Å². The highest BCUT2D eigenvalue weighted by Gasteiger charge is 2.15. The van der Waals surface area contributed by atoms with Gasteiger partial charge in [-0.05, 0) is 45.4 Å². The third kappa shape index (κ3) is 4.95. The largest absolute Gasteiger partial charge is 0.443 e. The number of hydrazone groups is 1. The predicted molar refractivity (Wildman–Crippen MR) is 68.0 cm³/mol. The molecular weight excluding hydrogens is 235 g/mol. The molecule has 0 heterocycles. The van der Waals surface area contributed by atoms with Crippen molar-refractivity contribution in [1.82, 2.24) is 5.43 Å². The summed E-state index contributed by atoms with van der Waals surface area (Å²) >= 11 is 0. The lowest BCUT2D eigenvalue weighted by Gasteiger charge is -2.18. The third-order valence-electron chi connectivity index (χ3n) is 1.98. The number of hydrogen-bond acceptors (Lipinski definition) is 3. The average Bonchev–Trinajstić information content (AvgIpc) is 2.24. The molecule has 1 rings (SSSR count). The zero-order valence-corrected chi connectivity index (χ0v) is 11.0. The van der Waals surface area contributed by atoms with Crippen LogP contribution in [-0.2, 0) is 4.74 Å². The number of halogens is 1. The van der Waals surface area contributed by atoms with Gasteiger partial charge in [-0.1, -0.05) is 12.1 Å². The minimum atomic E-state index is -0.621. The van der Waals surface area contributed by atoms with E-state index in [1.54, 1.807) is 39.8 Å². The summed E-state index contributed by atoms with van der Waals surface area (Å²) in [7, 11) is 0. The lowest BCUT2D eigenvalue weighted by Crippen LogP contribution is -2.30. The quantitative estimate of drug-likeness (QED) is 0.649. The zero-order chi connectivity index (χ0) is 13.8. The van der Waals surface area contributed by atoms with Crippen molar-refractivity contribution in [2.75, 3.05) is 0 Å². The van der Waals surface area contributed by atoms with Crippen LogP contribution in [0.3, 0.4) is 0 Å². The van der Waals surface area contributed by atoms with Crippen molar-refractivity contribution in [2.45, 2.75) is 33.3 Å². The number of benzene rings is 1. The Morgan fingerprint density at radius 2 is 1.83 bits per heavy atom. The van der Waals surface area contributed by atoms with Crippen LogP contribution in [0, 0.1) is 5.82 Å². The number of amides is 1. The molecule has 1 amide bonds. The molecule has 0 fully saturated rings. The molecule has 0 unspecified atom stereocenters. The van der Waals surface area contributed by atoms with Crippen molar-refractivity contribution in [3.05, 3.63) is 35.6 Å². The average molecular weight is 252 g/mol. The van der Waals surface area contributed by atoms with E-state index >= 15 is 0 Å². The first kappa shape index (κ1) is 14.2. The Hall–Kier alpha value is -1.91. The Morgan fingerprint density at radius 1 is 1.28 bits per heavy atom. The van der Waals surface area contributed by atoms with Crippen LogP contribution in [0.4, 0.5) is 9.18 Å². The summed E-state index contributed by atoms with van der Waals surface area (Å²) in [6.45, 7) is 7.01. The molecule has 5 heteroatoms. The molecule has 4 nitrogen and oxygen atoms in total. The Labute approximate surface area is 106 Å². The first-order chi connectivity index (χ1) is 8.28. The van der Waals surface area contributed by atoms with Gasteiger partial charge in [0.2, 0.25) is 0 Å². The Morgan fingerprint density at radius 3 is 2.33 bits per heavy atom. The predicted octanol–water partition coefficient (Wildman–Crippen LogP) is 3.07. The molecule has 1 aromatic rings. The van der Waals surface area contributed by atoms with Crippen LogP contribution in [-0.4, -0.2) is 17.4 Å². The number of ether oxygens (including phenoxy) is 1. The van der Waals surface area contributed by atoms with Gasteiger partial charge in [0.25, 0.3) is 0 Å². The van der Waals surface area contributed by atoms with Crippen molar-refractivity contribution in [3.63, 3.8) is 0 Å². The first-order valence-corrected chi connectivity index (χ1v) is 5.57. The van der Waals surface area contributed by atoms with Crippen molar-refractivity contribution in [3.8, 4) is 0 Å². The van der Waals surface area contributed by atoms with Crippen molar-refractivity contribution >= 4 is 11.8 Å². The highest BCUT2D eigenvalue weighted by molar-refractivity contribution is 5.98. The standard InChI is InChI=1S/C13H17FN2O2/c1-9(10-5-7-11(14)8-6-10)15-16-12(17)18-13(2,3)4/h5-8H,1-4H3,(H,16,17)/b15-9-. The lowest BCUT2D eigenvalue weighted by molar-refractivity contribution is 0.0529. The Bertz CT molecular complexity index is 447. The fraction of sp³-hybridized carbons (Fsp3) is 0.385. The van der Waals surface area contributed by atoms with E-state index in [-0.39, 0.29) is 5.82 Å². The van der Waals surface area contributed by atoms with Gasteiger partial charge in [-0.15, -0.1) is 0 Å². The van der Waals surface area contributed by atoms with Crippen molar-refractivity contribution < 1.29 is 13.9 Å². The molecule has 98 valence electrons. The highest BCUT2D eigenvalue weighted by Crippen LogP contribution is 2.07. The first-order valence-electron chi connectivity index (χ1n) is 5.57. The van der Waals surface area contributed by atoms with E-state index < -0.39 is 11.7 Å². The van der Waals surface area contributed by atoms with E-state index in [0.29, 0.717) is 5.71 Å². The fourth-order valence-corrected chi connectivity index (χ4v) is 1.19. The van der Waals surface area contributed by atoms with Crippen LogP contribution >= 0.6 is 0 Å². The van der Waals surface area contributed by atoms with Crippen LogP contribution in [0.1, 0.15) is 33.3 Å². The molecule has 18 heavy (non-hydrogen) atoms. The van der Waals surface area contributed by atoms with E-state index in [1.807, 2.05) is 0 Å². The molecule has 1 aromatic carbocycles. The number of rotatable bonds is 2. The van der Waals surface area contributed by atoms with Crippen LogP contribution in [0.5, 0.6) is 0 Å². The second kappa shape index (κ2) is 5.62. The molecule has 0 atom stereocenters. The Balaban J connectivity index is 2.62. The number of hydrogen-bond donors (Lipinski definition) is 1. The summed E-state index contributed by atoms with van der Waals surface area (Å²) in [6, 6.07) is 5.85. The second-order valence-corrected chi connectivity index (χ2v) is 4.82. The normalized spacial score (nSPS) is 12.2. The number of carbonyl (C=O) groups is 1. The van der Waals surface area contributed by atoms with Gasteiger partial charge in [0.1, 0.15) is 11.4 Å². The van der Waals surface area contributed by atoms with Gasteiger partial charge >= 0.3 is 6.09 Å². The van der Waals surface area contributed by atoms with Gasteiger partial charge < -0.3 is 4.74 Å². The molecule has 1 N–H and O–H groups in total. The zero-order valence-electron chi connectivity index (χ0n) is 11.0. The smallest absolute Gasteiger partial charge is 0.428 e.